The lowest BCUT2D eigenvalue weighted by Crippen LogP contribution is -2.41. The number of nitrogens with zero attached hydrogens (tertiary/aromatic N) is 1. The van der Waals surface area contributed by atoms with Crippen molar-refractivity contribution in [2.24, 2.45) is 5.92 Å². The molecule has 0 saturated heterocycles. The Morgan fingerprint density at radius 1 is 1.38 bits per heavy atom. The van der Waals surface area contributed by atoms with E-state index in [4.69, 9.17) is 4.42 Å². The summed E-state index contributed by atoms with van der Waals surface area (Å²) in [6.07, 6.45) is 1.75. The summed E-state index contributed by atoms with van der Waals surface area (Å²) in [5.74, 6) is 1.67. The van der Waals surface area contributed by atoms with Gasteiger partial charge in [0.15, 0.2) is 0 Å². The van der Waals surface area contributed by atoms with E-state index in [0.717, 1.165) is 18.8 Å². The van der Waals surface area contributed by atoms with Gasteiger partial charge in [-0.25, -0.2) is 0 Å². The van der Waals surface area contributed by atoms with Crippen LogP contribution in [0.5, 0.6) is 0 Å². The first kappa shape index (κ1) is 13.3. The van der Waals surface area contributed by atoms with Crippen LogP contribution in [0.25, 0.3) is 0 Å². The van der Waals surface area contributed by atoms with E-state index in [1.807, 2.05) is 6.07 Å². The van der Waals surface area contributed by atoms with E-state index >= 15 is 0 Å². The van der Waals surface area contributed by atoms with Crippen LogP contribution in [0.3, 0.4) is 0 Å². The molecule has 0 aliphatic rings. The molecular formula is C13H24N2O. The molecule has 92 valence electrons. The predicted molar refractivity (Wildman–Crippen MR) is 67.5 cm³/mol. The highest BCUT2D eigenvalue weighted by Gasteiger charge is 2.14. The Morgan fingerprint density at radius 3 is 2.50 bits per heavy atom. The van der Waals surface area contributed by atoms with Crippen molar-refractivity contribution in [1.82, 2.24) is 10.2 Å². The topological polar surface area (TPSA) is 28.4 Å². The lowest BCUT2D eigenvalue weighted by atomic mass is 10.0. The Balaban J connectivity index is 2.47. The normalized spacial score (nSPS) is 13.7. The predicted octanol–water partition coefficient (Wildman–Crippen LogP) is 2.26. The second-order valence-corrected chi connectivity index (χ2v) is 5.02. The first-order valence-corrected chi connectivity index (χ1v) is 5.91. The highest BCUT2D eigenvalue weighted by molar-refractivity contribution is 5.14. The second-order valence-electron chi connectivity index (χ2n) is 5.02. The van der Waals surface area contributed by atoms with Crippen LogP contribution in [0.1, 0.15) is 25.2 Å². The zero-order chi connectivity index (χ0) is 12.1. The number of hydrogen-bond acceptors (Lipinski definition) is 3. The maximum atomic E-state index is 5.42. The molecule has 1 unspecified atom stereocenters. The van der Waals surface area contributed by atoms with Crippen molar-refractivity contribution >= 4 is 0 Å². The Hall–Kier alpha value is -0.800. The van der Waals surface area contributed by atoms with Crippen molar-refractivity contribution in [3.05, 3.63) is 23.7 Å². The molecule has 0 bridgehead atoms. The second kappa shape index (κ2) is 6.06. The summed E-state index contributed by atoms with van der Waals surface area (Å²) in [6.45, 7) is 8.44. The summed E-state index contributed by atoms with van der Waals surface area (Å²) in [5, 5.41) is 3.56. The van der Waals surface area contributed by atoms with Crippen LogP contribution in [0.4, 0.5) is 0 Å². The van der Waals surface area contributed by atoms with Gasteiger partial charge in [0.1, 0.15) is 5.76 Å². The molecule has 16 heavy (non-hydrogen) atoms. The number of aryl methyl sites for hydroxylation is 1. The molecule has 0 spiro atoms. The van der Waals surface area contributed by atoms with E-state index in [-0.39, 0.29) is 0 Å². The van der Waals surface area contributed by atoms with Gasteiger partial charge < -0.3 is 14.6 Å². The largest absolute Gasteiger partial charge is 0.468 e. The quantitative estimate of drug-likeness (QED) is 0.803. The number of nitrogens with one attached hydrogen (secondary N) is 1. The van der Waals surface area contributed by atoms with Crippen molar-refractivity contribution in [1.29, 1.82) is 0 Å². The Bertz CT molecular complexity index is 305. The average molecular weight is 224 g/mol. The van der Waals surface area contributed by atoms with Crippen molar-refractivity contribution in [2.75, 3.05) is 20.6 Å². The zero-order valence-corrected chi connectivity index (χ0v) is 11.1. The summed E-state index contributed by atoms with van der Waals surface area (Å²) in [4.78, 5) is 2.21. The number of rotatable bonds is 6. The molecule has 1 rings (SSSR count). The fourth-order valence-corrected chi connectivity index (χ4v) is 1.71. The third-order valence-electron chi connectivity index (χ3n) is 2.86. The van der Waals surface area contributed by atoms with Crippen LogP contribution in [0, 0.1) is 12.8 Å². The summed E-state index contributed by atoms with van der Waals surface area (Å²) in [7, 11) is 4.21. The van der Waals surface area contributed by atoms with Gasteiger partial charge in [0.05, 0.1) is 12.8 Å². The average Bonchev–Trinajstić information content (AvgIpc) is 2.57. The summed E-state index contributed by atoms with van der Waals surface area (Å²) in [6, 6.07) is 2.51. The van der Waals surface area contributed by atoms with Crippen LogP contribution in [0.2, 0.25) is 0 Å². The molecule has 0 aromatic carbocycles. The Kier molecular flexibility index (Phi) is 5.03. The lowest BCUT2D eigenvalue weighted by Gasteiger charge is -2.25. The van der Waals surface area contributed by atoms with Gasteiger partial charge >= 0.3 is 0 Å². The molecule has 1 aromatic rings. The standard InChI is InChI=1S/C13H24N2O/c1-10(2)12(9-15(4)5)14-8-13-11(3)6-7-16-13/h6-7,10,12,14H,8-9H2,1-5H3. The molecular weight excluding hydrogens is 200 g/mol. The molecule has 0 fully saturated rings. The molecule has 1 heterocycles. The number of furan rings is 1. The van der Waals surface area contributed by atoms with E-state index in [9.17, 15) is 0 Å². The van der Waals surface area contributed by atoms with Gasteiger partial charge in [0.2, 0.25) is 0 Å². The van der Waals surface area contributed by atoms with Crippen molar-refractivity contribution < 1.29 is 4.42 Å². The minimum atomic E-state index is 0.500. The monoisotopic (exact) mass is 224 g/mol. The molecule has 1 aromatic heterocycles. The smallest absolute Gasteiger partial charge is 0.120 e. The van der Waals surface area contributed by atoms with E-state index < -0.39 is 0 Å². The number of hydrogen-bond donors (Lipinski definition) is 1. The van der Waals surface area contributed by atoms with Gasteiger partial charge in [-0.1, -0.05) is 13.8 Å². The summed E-state index contributed by atoms with van der Waals surface area (Å²) >= 11 is 0. The molecule has 3 nitrogen and oxygen atoms in total. The Morgan fingerprint density at radius 2 is 2.06 bits per heavy atom. The first-order chi connectivity index (χ1) is 7.50. The van der Waals surface area contributed by atoms with E-state index in [2.05, 4.69) is 45.1 Å². The maximum absolute atomic E-state index is 5.42. The summed E-state index contributed by atoms with van der Waals surface area (Å²) < 4.78 is 5.42. The van der Waals surface area contributed by atoms with Crippen molar-refractivity contribution in [3.63, 3.8) is 0 Å². The third-order valence-corrected chi connectivity index (χ3v) is 2.86. The van der Waals surface area contributed by atoms with E-state index in [0.29, 0.717) is 12.0 Å². The molecule has 3 heteroatoms. The van der Waals surface area contributed by atoms with Gasteiger partial charge in [0, 0.05) is 12.6 Å². The minimum Gasteiger partial charge on any atom is -0.468 e. The summed E-state index contributed by atoms with van der Waals surface area (Å²) in [5.41, 5.74) is 1.22. The zero-order valence-electron chi connectivity index (χ0n) is 11.1. The van der Waals surface area contributed by atoms with Crippen molar-refractivity contribution in [3.8, 4) is 0 Å². The minimum absolute atomic E-state index is 0.500. The highest BCUT2D eigenvalue weighted by Crippen LogP contribution is 2.10. The molecule has 0 aliphatic heterocycles. The van der Waals surface area contributed by atoms with E-state index in [1.54, 1.807) is 6.26 Å². The molecule has 1 N–H and O–H groups in total. The Labute approximate surface area is 98.8 Å². The van der Waals surface area contributed by atoms with E-state index in [1.165, 1.54) is 5.56 Å². The molecule has 0 radical (unpaired) electrons. The van der Waals surface area contributed by atoms with Gasteiger partial charge in [0.25, 0.3) is 0 Å². The van der Waals surface area contributed by atoms with Gasteiger partial charge in [-0.15, -0.1) is 0 Å². The van der Waals surface area contributed by atoms with Crippen LogP contribution < -0.4 is 5.32 Å². The van der Waals surface area contributed by atoms with Gasteiger partial charge in [-0.3, -0.25) is 0 Å². The highest BCUT2D eigenvalue weighted by atomic mass is 16.3. The third kappa shape index (κ3) is 3.99. The van der Waals surface area contributed by atoms with Crippen molar-refractivity contribution in [2.45, 2.75) is 33.4 Å². The van der Waals surface area contributed by atoms with Crippen LogP contribution in [-0.2, 0) is 6.54 Å². The number of likely N-dealkylation sites (N-methyl/N-ethyl adjacent to an activating group) is 1. The van der Waals surface area contributed by atoms with Crippen LogP contribution >= 0.6 is 0 Å². The van der Waals surface area contributed by atoms with Crippen LogP contribution in [0.15, 0.2) is 16.7 Å². The fraction of sp³-hybridized carbons (Fsp3) is 0.692. The van der Waals surface area contributed by atoms with Crippen LogP contribution in [-0.4, -0.2) is 31.6 Å². The van der Waals surface area contributed by atoms with Gasteiger partial charge in [-0.2, -0.15) is 0 Å². The van der Waals surface area contributed by atoms with Gasteiger partial charge in [-0.05, 0) is 38.6 Å². The molecule has 0 aliphatic carbocycles. The molecule has 0 amide bonds. The maximum Gasteiger partial charge on any atom is 0.120 e. The molecule has 0 saturated carbocycles. The first-order valence-electron chi connectivity index (χ1n) is 5.91. The SMILES string of the molecule is Cc1ccoc1CNC(CN(C)C)C(C)C. The molecule has 1 atom stereocenters. The lowest BCUT2D eigenvalue weighted by molar-refractivity contribution is 0.282. The fourth-order valence-electron chi connectivity index (χ4n) is 1.71.